The fourth-order valence-electron chi connectivity index (χ4n) is 2.84. The maximum atomic E-state index is 12.6. The van der Waals surface area contributed by atoms with Gasteiger partial charge in [-0.3, -0.25) is 9.59 Å². The van der Waals surface area contributed by atoms with Crippen LogP contribution in [0, 0.1) is 0 Å². The van der Waals surface area contributed by atoms with Crippen LogP contribution < -0.4 is 16.3 Å². The molecule has 2 aromatic carbocycles. The van der Waals surface area contributed by atoms with Crippen LogP contribution in [0.1, 0.15) is 42.7 Å². The Labute approximate surface area is 168 Å². The monoisotopic (exact) mass is 390 g/mol. The zero-order valence-electron chi connectivity index (χ0n) is 16.4. The summed E-state index contributed by atoms with van der Waals surface area (Å²) >= 11 is 0. The number of aromatic amines is 1. The van der Waals surface area contributed by atoms with E-state index >= 15 is 0 Å². The molecule has 148 valence electrons. The standard InChI is InChI=1S/C22H22N4O3/c1-13(2)15-7-9-16(10-8-15)19-12-20(26-22(29)25-19)21(28)24-18-6-4-5-17(11-18)23-14(3)27/h4-13H,1-3H3,(H,23,27)(H,24,28)(H,25,26,29). The Morgan fingerprint density at radius 2 is 1.62 bits per heavy atom. The third kappa shape index (κ3) is 5.16. The first kappa shape index (κ1) is 20.0. The lowest BCUT2D eigenvalue weighted by atomic mass is 10.0. The molecule has 0 aliphatic carbocycles. The normalized spacial score (nSPS) is 10.6. The number of nitrogens with one attached hydrogen (secondary N) is 3. The van der Waals surface area contributed by atoms with Crippen molar-refractivity contribution in [1.29, 1.82) is 0 Å². The van der Waals surface area contributed by atoms with E-state index in [1.807, 2.05) is 24.3 Å². The summed E-state index contributed by atoms with van der Waals surface area (Å²) in [5, 5.41) is 5.37. The van der Waals surface area contributed by atoms with E-state index in [9.17, 15) is 14.4 Å². The van der Waals surface area contributed by atoms with Gasteiger partial charge in [-0.2, -0.15) is 4.98 Å². The van der Waals surface area contributed by atoms with Gasteiger partial charge in [-0.15, -0.1) is 0 Å². The van der Waals surface area contributed by atoms with Gasteiger partial charge >= 0.3 is 5.69 Å². The van der Waals surface area contributed by atoms with Gasteiger partial charge in [0.25, 0.3) is 5.91 Å². The average molecular weight is 390 g/mol. The first-order valence-corrected chi connectivity index (χ1v) is 9.22. The summed E-state index contributed by atoms with van der Waals surface area (Å²) in [6.07, 6.45) is 0. The van der Waals surface area contributed by atoms with Gasteiger partial charge in [-0.05, 0) is 35.7 Å². The minimum absolute atomic E-state index is 0.0952. The second-order valence-electron chi connectivity index (χ2n) is 6.98. The quantitative estimate of drug-likeness (QED) is 0.617. The Bertz CT molecular complexity index is 1100. The topological polar surface area (TPSA) is 104 Å². The maximum Gasteiger partial charge on any atom is 0.346 e. The van der Waals surface area contributed by atoms with Crippen LogP contribution in [0.4, 0.5) is 11.4 Å². The highest BCUT2D eigenvalue weighted by Gasteiger charge is 2.12. The number of aromatic nitrogens is 2. The smallest absolute Gasteiger partial charge is 0.326 e. The molecule has 0 spiro atoms. The van der Waals surface area contributed by atoms with Crippen LogP contribution in [0.3, 0.4) is 0 Å². The summed E-state index contributed by atoms with van der Waals surface area (Å²) < 4.78 is 0. The number of carbonyl (C=O) groups excluding carboxylic acids is 2. The highest BCUT2D eigenvalue weighted by atomic mass is 16.2. The zero-order valence-corrected chi connectivity index (χ0v) is 16.4. The molecule has 1 heterocycles. The first-order chi connectivity index (χ1) is 13.8. The van der Waals surface area contributed by atoms with Crippen LogP contribution in [-0.2, 0) is 4.79 Å². The second kappa shape index (κ2) is 8.52. The van der Waals surface area contributed by atoms with Crippen LogP contribution in [-0.4, -0.2) is 21.8 Å². The summed E-state index contributed by atoms with van der Waals surface area (Å²) in [6.45, 7) is 5.61. The summed E-state index contributed by atoms with van der Waals surface area (Å²) in [7, 11) is 0. The SMILES string of the molecule is CC(=O)Nc1cccc(NC(=O)c2cc(-c3ccc(C(C)C)cc3)nc(=O)[nH]2)c1. The average Bonchev–Trinajstić information content (AvgIpc) is 2.67. The van der Waals surface area contributed by atoms with Gasteiger partial charge in [-0.1, -0.05) is 44.2 Å². The largest absolute Gasteiger partial charge is 0.346 e. The van der Waals surface area contributed by atoms with Gasteiger partial charge in [-0.25, -0.2) is 4.79 Å². The van der Waals surface area contributed by atoms with Crippen LogP contribution in [0.25, 0.3) is 11.3 Å². The first-order valence-electron chi connectivity index (χ1n) is 9.22. The van der Waals surface area contributed by atoms with E-state index < -0.39 is 11.6 Å². The van der Waals surface area contributed by atoms with Crippen LogP contribution in [0.2, 0.25) is 0 Å². The third-order valence-corrected chi connectivity index (χ3v) is 4.30. The number of carbonyl (C=O) groups is 2. The van der Waals surface area contributed by atoms with Crippen LogP contribution in [0.15, 0.2) is 59.4 Å². The Balaban J connectivity index is 1.85. The summed E-state index contributed by atoms with van der Waals surface area (Å²) in [5.41, 5.74) is 2.88. The number of nitrogens with zero attached hydrogens (tertiary/aromatic N) is 1. The minimum Gasteiger partial charge on any atom is -0.326 e. The molecule has 7 heteroatoms. The predicted molar refractivity (Wildman–Crippen MR) is 113 cm³/mol. The number of H-pyrrole nitrogens is 1. The Morgan fingerprint density at radius 1 is 0.966 bits per heavy atom. The molecule has 29 heavy (non-hydrogen) atoms. The summed E-state index contributed by atoms with van der Waals surface area (Å²) in [6, 6.07) is 16.0. The molecule has 1 aromatic heterocycles. The number of hydrogen-bond acceptors (Lipinski definition) is 4. The number of anilines is 2. The lowest BCUT2D eigenvalue weighted by molar-refractivity contribution is -0.114. The molecule has 0 aliphatic rings. The van der Waals surface area contributed by atoms with Crippen molar-refractivity contribution in [3.63, 3.8) is 0 Å². The van der Waals surface area contributed by atoms with Crippen molar-refractivity contribution in [2.75, 3.05) is 10.6 Å². The van der Waals surface area contributed by atoms with E-state index in [0.717, 1.165) is 5.56 Å². The van der Waals surface area contributed by atoms with Crippen LogP contribution >= 0.6 is 0 Å². The van der Waals surface area contributed by atoms with E-state index in [1.165, 1.54) is 12.5 Å². The molecule has 3 aromatic rings. The molecule has 0 fully saturated rings. The molecule has 0 atom stereocenters. The van der Waals surface area contributed by atoms with E-state index in [4.69, 9.17) is 0 Å². The Kier molecular flexibility index (Phi) is 5.87. The van der Waals surface area contributed by atoms with Crippen molar-refractivity contribution in [3.05, 3.63) is 76.3 Å². The molecule has 3 N–H and O–H groups in total. The molecule has 0 saturated carbocycles. The van der Waals surface area contributed by atoms with Gasteiger partial charge in [0.15, 0.2) is 0 Å². The van der Waals surface area contributed by atoms with Crippen LogP contribution in [0.5, 0.6) is 0 Å². The van der Waals surface area contributed by atoms with E-state index in [1.54, 1.807) is 30.3 Å². The van der Waals surface area contributed by atoms with Crippen molar-refractivity contribution < 1.29 is 9.59 Å². The zero-order chi connectivity index (χ0) is 21.0. The molecule has 0 bridgehead atoms. The number of rotatable bonds is 5. The highest BCUT2D eigenvalue weighted by Crippen LogP contribution is 2.21. The van der Waals surface area contributed by atoms with Gasteiger partial charge in [0.1, 0.15) is 5.69 Å². The van der Waals surface area contributed by atoms with E-state index in [-0.39, 0.29) is 11.6 Å². The molecule has 0 unspecified atom stereocenters. The minimum atomic E-state index is -0.604. The molecule has 0 saturated heterocycles. The third-order valence-electron chi connectivity index (χ3n) is 4.30. The van der Waals surface area contributed by atoms with Crippen molar-refractivity contribution in [3.8, 4) is 11.3 Å². The Hall–Kier alpha value is -3.74. The molecular weight excluding hydrogens is 368 g/mol. The summed E-state index contributed by atoms with van der Waals surface area (Å²) in [5.74, 6) is -0.296. The molecule has 7 nitrogen and oxygen atoms in total. The van der Waals surface area contributed by atoms with Crippen molar-refractivity contribution in [1.82, 2.24) is 9.97 Å². The van der Waals surface area contributed by atoms with Crippen molar-refractivity contribution >= 4 is 23.2 Å². The summed E-state index contributed by atoms with van der Waals surface area (Å²) in [4.78, 5) is 42.3. The fraction of sp³-hybridized carbons (Fsp3) is 0.182. The highest BCUT2D eigenvalue weighted by molar-refractivity contribution is 6.03. The molecule has 0 aliphatic heterocycles. The van der Waals surface area contributed by atoms with Gasteiger partial charge in [0, 0.05) is 23.9 Å². The van der Waals surface area contributed by atoms with E-state index in [0.29, 0.717) is 23.0 Å². The molecular formula is C22H22N4O3. The second-order valence-corrected chi connectivity index (χ2v) is 6.98. The fourth-order valence-corrected chi connectivity index (χ4v) is 2.84. The number of amides is 2. The van der Waals surface area contributed by atoms with Crippen molar-refractivity contribution in [2.45, 2.75) is 26.7 Å². The molecule has 0 radical (unpaired) electrons. The van der Waals surface area contributed by atoms with Crippen molar-refractivity contribution in [2.24, 2.45) is 0 Å². The van der Waals surface area contributed by atoms with Gasteiger partial charge < -0.3 is 15.6 Å². The molecule has 2 amide bonds. The number of benzene rings is 2. The Morgan fingerprint density at radius 3 is 2.24 bits per heavy atom. The lowest BCUT2D eigenvalue weighted by Gasteiger charge is -2.09. The van der Waals surface area contributed by atoms with Gasteiger partial charge in [0.2, 0.25) is 5.91 Å². The van der Waals surface area contributed by atoms with Gasteiger partial charge in [0.05, 0.1) is 5.69 Å². The predicted octanol–water partition coefficient (Wildman–Crippen LogP) is 3.77. The lowest BCUT2D eigenvalue weighted by Crippen LogP contribution is -2.21. The number of hydrogen-bond donors (Lipinski definition) is 3. The molecule has 3 rings (SSSR count). The maximum absolute atomic E-state index is 12.6. The van der Waals surface area contributed by atoms with E-state index in [2.05, 4.69) is 34.4 Å².